The summed E-state index contributed by atoms with van der Waals surface area (Å²) in [5.74, 6) is -1.80. The number of furan rings is 1. The van der Waals surface area contributed by atoms with Gasteiger partial charge in [-0.25, -0.2) is 0 Å². The monoisotopic (exact) mass is 446 g/mol. The predicted molar refractivity (Wildman–Crippen MR) is 116 cm³/mol. The molecular formula is C25H34O7. The first-order valence-electron chi connectivity index (χ1n) is 11.2. The van der Waals surface area contributed by atoms with E-state index < -0.39 is 41.1 Å². The first-order chi connectivity index (χ1) is 15.0. The third-order valence-corrected chi connectivity index (χ3v) is 7.54. The molecule has 0 unspecified atom stereocenters. The highest BCUT2D eigenvalue weighted by Gasteiger charge is 2.67. The Morgan fingerprint density at radius 3 is 2.38 bits per heavy atom. The Kier molecular flexibility index (Phi) is 6.86. The number of carbonyl (C=O) groups excluding carboxylic acids is 3. The summed E-state index contributed by atoms with van der Waals surface area (Å²) < 4.78 is 23.1. The van der Waals surface area contributed by atoms with Gasteiger partial charge in [-0.15, -0.1) is 0 Å². The molecule has 32 heavy (non-hydrogen) atoms. The van der Waals surface area contributed by atoms with Crippen molar-refractivity contribution in [3.05, 3.63) is 35.8 Å². The summed E-state index contributed by atoms with van der Waals surface area (Å²) in [7, 11) is 0. The zero-order valence-electron chi connectivity index (χ0n) is 19.8. The van der Waals surface area contributed by atoms with Crippen molar-refractivity contribution < 1.29 is 33.0 Å². The van der Waals surface area contributed by atoms with Crippen molar-refractivity contribution in [3.8, 4) is 0 Å². The normalized spacial score (nSPS) is 34.1. The van der Waals surface area contributed by atoms with Crippen LogP contribution < -0.4 is 0 Å². The molecule has 2 aliphatic rings. The Morgan fingerprint density at radius 1 is 1.12 bits per heavy atom. The van der Waals surface area contributed by atoms with Gasteiger partial charge in [0.25, 0.3) is 0 Å². The van der Waals surface area contributed by atoms with Crippen molar-refractivity contribution in [2.45, 2.75) is 85.0 Å². The van der Waals surface area contributed by atoms with Crippen LogP contribution in [0, 0.1) is 17.3 Å². The minimum Gasteiger partial charge on any atom is -0.472 e. The molecule has 1 aromatic heterocycles. The summed E-state index contributed by atoms with van der Waals surface area (Å²) in [6.45, 7) is 10.1. The van der Waals surface area contributed by atoms with E-state index in [1.807, 2.05) is 26.8 Å². The first-order valence-corrected chi connectivity index (χ1v) is 11.2. The second-order valence-electron chi connectivity index (χ2n) is 9.37. The fourth-order valence-corrected chi connectivity index (χ4v) is 6.02. The lowest BCUT2D eigenvalue weighted by atomic mass is 9.48. The number of rotatable bonds is 6. The van der Waals surface area contributed by atoms with E-state index in [1.165, 1.54) is 20.8 Å². The molecule has 0 saturated heterocycles. The molecule has 2 aliphatic carbocycles. The number of aryl methyl sites for hydroxylation is 1. The summed E-state index contributed by atoms with van der Waals surface area (Å²) in [4.78, 5) is 36.7. The molecule has 1 saturated carbocycles. The van der Waals surface area contributed by atoms with Crippen LogP contribution in [-0.2, 0) is 35.0 Å². The molecule has 7 nitrogen and oxygen atoms in total. The highest BCUT2D eigenvalue weighted by molar-refractivity contribution is 5.68. The van der Waals surface area contributed by atoms with Crippen molar-refractivity contribution in [3.63, 3.8) is 0 Å². The topological polar surface area (TPSA) is 92.0 Å². The molecule has 0 aromatic carbocycles. The quantitative estimate of drug-likeness (QED) is 0.363. The fraction of sp³-hybridized carbons (Fsp3) is 0.640. The molecule has 3 rings (SSSR count). The van der Waals surface area contributed by atoms with Crippen molar-refractivity contribution in [1.82, 2.24) is 0 Å². The molecule has 1 heterocycles. The van der Waals surface area contributed by atoms with E-state index in [0.717, 1.165) is 24.0 Å². The van der Waals surface area contributed by atoms with Crippen LogP contribution in [0.5, 0.6) is 0 Å². The maximum absolute atomic E-state index is 12.4. The van der Waals surface area contributed by atoms with Gasteiger partial charge in [0.2, 0.25) is 0 Å². The van der Waals surface area contributed by atoms with Gasteiger partial charge in [-0.2, -0.15) is 0 Å². The molecule has 0 radical (unpaired) electrons. The van der Waals surface area contributed by atoms with Crippen molar-refractivity contribution in [2.75, 3.05) is 0 Å². The number of hydrogen-bond acceptors (Lipinski definition) is 7. The van der Waals surface area contributed by atoms with Crippen LogP contribution in [0.25, 0.3) is 0 Å². The van der Waals surface area contributed by atoms with E-state index in [9.17, 15) is 14.4 Å². The van der Waals surface area contributed by atoms with Crippen LogP contribution in [0.15, 0.2) is 34.7 Å². The summed E-state index contributed by atoms with van der Waals surface area (Å²) in [6.07, 6.45) is 6.77. The van der Waals surface area contributed by atoms with E-state index in [0.29, 0.717) is 12.8 Å². The standard InChI is InChI=1S/C25H34O7/c1-15-8-7-9-21-24(15,6)23(31-18(4)27)22(30-17(3)26)16(2)25(21,32-19(5)28)12-10-20-11-13-29-14-20/h8,11,13-14,16,21-23H,7,9-10,12H2,1-6H3/t16-,21+,22+,23+,24+,25-/m1/s1. The lowest BCUT2D eigenvalue weighted by Crippen LogP contribution is -2.69. The maximum atomic E-state index is 12.4. The van der Waals surface area contributed by atoms with Gasteiger partial charge in [-0.3, -0.25) is 14.4 Å². The Hall–Kier alpha value is -2.57. The van der Waals surface area contributed by atoms with Crippen LogP contribution in [0.2, 0.25) is 0 Å². The molecule has 1 aromatic rings. The van der Waals surface area contributed by atoms with Crippen LogP contribution >= 0.6 is 0 Å². The van der Waals surface area contributed by atoms with Gasteiger partial charge >= 0.3 is 17.9 Å². The first kappa shape index (κ1) is 24.1. The maximum Gasteiger partial charge on any atom is 0.303 e. The van der Waals surface area contributed by atoms with Crippen LogP contribution in [0.4, 0.5) is 0 Å². The van der Waals surface area contributed by atoms with E-state index >= 15 is 0 Å². The molecule has 0 N–H and O–H groups in total. The summed E-state index contributed by atoms with van der Waals surface area (Å²) in [6, 6.07) is 1.89. The molecule has 1 fully saturated rings. The van der Waals surface area contributed by atoms with E-state index in [-0.39, 0.29) is 11.9 Å². The lowest BCUT2D eigenvalue weighted by molar-refractivity contribution is -0.254. The molecule has 7 heteroatoms. The second kappa shape index (κ2) is 9.12. The molecule has 0 aliphatic heterocycles. The van der Waals surface area contributed by atoms with Crippen LogP contribution in [0.1, 0.15) is 66.4 Å². The molecule has 0 spiro atoms. The summed E-state index contributed by atoms with van der Waals surface area (Å²) in [5.41, 5.74) is 0.468. The predicted octanol–water partition coefficient (Wildman–Crippen LogP) is 4.39. The number of ether oxygens (including phenoxy) is 3. The Bertz CT molecular complexity index is 886. The minimum absolute atomic E-state index is 0.123. The Morgan fingerprint density at radius 2 is 1.81 bits per heavy atom. The molecular weight excluding hydrogens is 412 g/mol. The van der Waals surface area contributed by atoms with Gasteiger partial charge in [-0.1, -0.05) is 25.5 Å². The lowest BCUT2D eigenvalue weighted by Gasteiger charge is -2.62. The zero-order chi connectivity index (χ0) is 23.7. The third kappa shape index (κ3) is 4.21. The van der Waals surface area contributed by atoms with E-state index in [2.05, 4.69) is 6.08 Å². The average Bonchev–Trinajstić information content (AvgIpc) is 3.21. The fourth-order valence-electron chi connectivity index (χ4n) is 6.02. The largest absolute Gasteiger partial charge is 0.472 e. The second-order valence-corrected chi connectivity index (χ2v) is 9.37. The molecule has 6 atom stereocenters. The van der Waals surface area contributed by atoms with Crippen molar-refractivity contribution >= 4 is 17.9 Å². The molecule has 0 amide bonds. The van der Waals surface area contributed by atoms with Crippen molar-refractivity contribution in [2.24, 2.45) is 17.3 Å². The van der Waals surface area contributed by atoms with E-state index in [1.54, 1.807) is 12.5 Å². The zero-order valence-corrected chi connectivity index (χ0v) is 19.8. The summed E-state index contributed by atoms with van der Waals surface area (Å²) >= 11 is 0. The SMILES string of the molecule is CC(=O)O[C@H]1[C@@H](C)[C@@](CCc2ccoc2)(OC(C)=O)[C@H]2CCC=C(C)[C@]2(C)[C@H]1OC(C)=O. The number of hydrogen-bond donors (Lipinski definition) is 0. The van der Waals surface area contributed by atoms with Gasteiger partial charge in [0.15, 0.2) is 0 Å². The van der Waals surface area contributed by atoms with Crippen molar-refractivity contribution in [1.29, 1.82) is 0 Å². The van der Waals surface area contributed by atoms with Gasteiger partial charge in [0, 0.05) is 38.0 Å². The number of esters is 3. The average molecular weight is 447 g/mol. The number of allylic oxidation sites excluding steroid dienone is 1. The van der Waals surface area contributed by atoms with E-state index in [4.69, 9.17) is 18.6 Å². The highest BCUT2D eigenvalue weighted by Crippen LogP contribution is 2.60. The number of fused-ring (bicyclic) bond motifs is 1. The minimum atomic E-state index is -0.913. The summed E-state index contributed by atoms with van der Waals surface area (Å²) in [5, 5.41) is 0. The molecule has 0 bridgehead atoms. The molecule has 176 valence electrons. The van der Waals surface area contributed by atoms with Gasteiger partial charge in [0.05, 0.1) is 12.5 Å². The Balaban J connectivity index is 2.18. The number of carbonyl (C=O) groups is 3. The smallest absolute Gasteiger partial charge is 0.303 e. The van der Waals surface area contributed by atoms with Gasteiger partial charge in [0.1, 0.15) is 17.8 Å². The van der Waals surface area contributed by atoms with Gasteiger partial charge < -0.3 is 18.6 Å². The van der Waals surface area contributed by atoms with Crippen LogP contribution in [-0.4, -0.2) is 35.7 Å². The highest BCUT2D eigenvalue weighted by atomic mass is 16.6. The van der Waals surface area contributed by atoms with Crippen LogP contribution in [0.3, 0.4) is 0 Å². The Labute approximate surface area is 189 Å². The van der Waals surface area contributed by atoms with Gasteiger partial charge in [-0.05, 0) is 44.2 Å². The third-order valence-electron chi connectivity index (χ3n) is 7.54.